The number of hydrogen-bond donors (Lipinski definition) is 2. The number of nitrogens with zero attached hydrogens (tertiary/aromatic N) is 4. The standard InChI is InChI=1S/C27H29N5O2/c1-27(2,33)22-9-20(13-28-15-22)17-5-6-19-14-29-26(30-23(19)10-17)31-24-11-21-16-32(3)8-7-18(21)12-25(24)34-4/h5-6,9-15,33H,7-8,16H2,1-4H3,(H,29,30,31). The fraction of sp³-hybridized carbons (Fsp3) is 0.296. The van der Waals surface area contributed by atoms with E-state index < -0.39 is 5.60 Å². The number of aliphatic hydroxyl groups is 1. The molecule has 0 fully saturated rings. The van der Waals surface area contributed by atoms with Gasteiger partial charge in [-0.15, -0.1) is 0 Å². The van der Waals surface area contributed by atoms with Crippen molar-refractivity contribution in [1.29, 1.82) is 0 Å². The lowest BCUT2D eigenvalue weighted by molar-refractivity contribution is 0.0783. The number of pyridine rings is 1. The number of likely N-dealkylation sites (N-methyl/N-ethyl adjacent to an activating group) is 1. The fourth-order valence-electron chi connectivity index (χ4n) is 4.31. The Kier molecular flexibility index (Phi) is 5.67. The van der Waals surface area contributed by atoms with E-state index in [1.807, 2.05) is 30.5 Å². The fourth-order valence-corrected chi connectivity index (χ4v) is 4.31. The third-order valence-corrected chi connectivity index (χ3v) is 6.33. The molecule has 1 aliphatic heterocycles. The van der Waals surface area contributed by atoms with Gasteiger partial charge >= 0.3 is 0 Å². The van der Waals surface area contributed by atoms with Crippen molar-refractivity contribution in [3.63, 3.8) is 0 Å². The maximum absolute atomic E-state index is 10.4. The van der Waals surface area contributed by atoms with Gasteiger partial charge in [0.2, 0.25) is 5.95 Å². The molecule has 0 bridgehead atoms. The lowest BCUT2D eigenvalue weighted by Crippen LogP contribution is -2.26. The maximum atomic E-state index is 10.4. The van der Waals surface area contributed by atoms with Gasteiger partial charge in [-0.25, -0.2) is 9.97 Å². The van der Waals surface area contributed by atoms with Gasteiger partial charge in [-0.1, -0.05) is 12.1 Å². The van der Waals surface area contributed by atoms with Crippen molar-refractivity contribution in [3.05, 3.63) is 71.7 Å². The number of ether oxygens (including phenoxy) is 1. The number of rotatable bonds is 5. The molecular weight excluding hydrogens is 426 g/mol. The first-order valence-corrected chi connectivity index (χ1v) is 11.4. The Morgan fingerprint density at radius 3 is 2.68 bits per heavy atom. The van der Waals surface area contributed by atoms with Crippen LogP contribution in [0.5, 0.6) is 5.75 Å². The average molecular weight is 456 g/mol. The zero-order valence-corrected chi connectivity index (χ0v) is 20.0. The van der Waals surface area contributed by atoms with Crippen LogP contribution in [-0.2, 0) is 18.6 Å². The van der Waals surface area contributed by atoms with E-state index in [0.717, 1.165) is 58.5 Å². The van der Waals surface area contributed by atoms with Crippen molar-refractivity contribution < 1.29 is 9.84 Å². The number of benzene rings is 2. The van der Waals surface area contributed by atoms with Gasteiger partial charge in [0.05, 0.1) is 23.9 Å². The maximum Gasteiger partial charge on any atom is 0.227 e. The molecule has 34 heavy (non-hydrogen) atoms. The Hall–Kier alpha value is -3.55. The molecule has 0 saturated carbocycles. The predicted molar refractivity (Wildman–Crippen MR) is 134 cm³/mol. The molecule has 7 nitrogen and oxygen atoms in total. The van der Waals surface area contributed by atoms with Gasteiger partial charge in [-0.2, -0.15) is 0 Å². The Morgan fingerprint density at radius 2 is 1.88 bits per heavy atom. The molecule has 3 heterocycles. The molecule has 0 saturated heterocycles. The molecule has 7 heteroatoms. The van der Waals surface area contributed by atoms with Gasteiger partial charge in [0.1, 0.15) is 5.75 Å². The number of fused-ring (bicyclic) bond motifs is 2. The summed E-state index contributed by atoms with van der Waals surface area (Å²) in [5, 5.41) is 14.7. The van der Waals surface area contributed by atoms with Crippen molar-refractivity contribution in [2.24, 2.45) is 0 Å². The Bertz CT molecular complexity index is 1360. The lowest BCUT2D eigenvalue weighted by atomic mass is 9.96. The van der Waals surface area contributed by atoms with Crippen LogP contribution < -0.4 is 10.1 Å². The van der Waals surface area contributed by atoms with Gasteiger partial charge in [-0.3, -0.25) is 4.98 Å². The summed E-state index contributed by atoms with van der Waals surface area (Å²) in [6.07, 6.45) is 6.32. The number of methoxy groups -OCH3 is 1. The van der Waals surface area contributed by atoms with Crippen LogP contribution in [0.3, 0.4) is 0 Å². The van der Waals surface area contributed by atoms with E-state index in [9.17, 15) is 5.11 Å². The normalized spacial score (nSPS) is 14.1. The van der Waals surface area contributed by atoms with Gasteiger partial charge in [0.15, 0.2) is 0 Å². The van der Waals surface area contributed by atoms with Crippen LogP contribution in [0.2, 0.25) is 0 Å². The third-order valence-electron chi connectivity index (χ3n) is 6.33. The molecule has 2 aromatic carbocycles. The molecular formula is C27H29N5O2. The summed E-state index contributed by atoms with van der Waals surface area (Å²) in [5.74, 6) is 1.30. The van der Waals surface area contributed by atoms with E-state index in [0.29, 0.717) is 5.95 Å². The van der Waals surface area contributed by atoms with Crippen molar-refractivity contribution in [2.75, 3.05) is 26.0 Å². The highest BCUT2D eigenvalue weighted by atomic mass is 16.5. The Balaban J connectivity index is 1.49. The molecule has 0 unspecified atom stereocenters. The Morgan fingerprint density at radius 1 is 1.03 bits per heavy atom. The minimum absolute atomic E-state index is 0.510. The minimum atomic E-state index is -0.956. The highest BCUT2D eigenvalue weighted by Crippen LogP contribution is 2.33. The molecule has 4 aromatic rings. The molecule has 0 amide bonds. The molecule has 2 N–H and O–H groups in total. The average Bonchev–Trinajstić information content (AvgIpc) is 2.82. The minimum Gasteiger partial charge on any atom is -0.495 e. The smallest absolute Gasteiger partial charge is 0.227 e. The van der Waals surface area contributed by atoms with Crippen LogP contribution in [-0.4, -0.2) is 45.7 Å². The zero-order valence-electron chi connectivity index (χ0n) is 20.0. The van der Waals surface area contributed by atoms with Crippen LogP contribution >= 0.6 is 0 Å². The number of anilines is 2. The first-order valence-electron chi connectivity index (χ1n) is 11.4. The largest absolute Gasteiger partial charge is 0.495 e. The van der Waals surface area contributed by atoms with Crippen molar-refractivity contribution in [3.8, 4) is 16.9 Å². The second-order valence-electron chi connectivity index (χ2n) is 9.42. The van der Waals surface area contributed by atoms with Crippen molar-refractivity contribution in [1.82, 2.24) is 19.9 Å². The Labute approximate surface area is 199 Å². The van der Waals surface area contributed by atoms with Gasteiger partial charge < -0.3 is 20.1 Å². The van der Waals surface area contributed by atoms with E-state index in [1.54, 1.807) is 33.4 Å². The molecule has 2 aromatic heterocycles. The van der Waals surface area contributed by atoms with E-state index in [1.165, 1.54) is 11.1 Å². The van der Waals surface area contributed by atoms with Crippen LogP contribution in [0.15, 0.2) is 55.0 Å². The van der Waals surface area contributed by atoms with E-state index in [4.69, 9.17) is 9.72 Å². The zero-order chi connectivity index (χ0) is 23.9. The quantitative estimate of drug-likeness (QED) is 0.453. The second-order valence-corrected chi connectivity index (χ2v) is 9.42. The second kappa shape index (κ2) is 8.66. The number of hydrogen-bond acceptors (Lipinski definition) is 7. The van der Waals surface area contributed by atoms with Crippen LogP contribution in [0.1, 0.15) is 30.5 Å². The van der Waals surface area contributed by atoms with Crippen LogP contribution in [0.25, 0.3) is 22.0 Å². The third kappa shape index (κ3) is 4.44. The number of nitrogens with one attached hydrogen (secondary N) is 1. The van der Waals surface area contributed by atoms with Gasteiger partial charge in [0.25, 0.3) is 0 Å². The highest BCUT2D eigenvalue weighted by molar-refractivity contribution is 5.84. The van der Waals surface area contributed by atoms with Crippen LogP contribution in [0.4, 0.5) is 11.6 Å². The van der Waals surface area contributed by atoms with Gasteiger partial charge in [0, 0.05) is 48.2 Å². The van der Waals surface area contributed by atoms with E-state index >= 15 is 0 Å². The first kappa shape index (κ1) is 22.3. The summed E-state index contributed by atoms with van der Waals surface area (Å²) in [4.78, 5) is 15.9. The molecule has 174 valence electrons. The van der Waals surface area contributed by atoms with E-state index in [-0.39, 0.29) is 0 Å². The monoisotopic (exact) mass is 455 g/mol. The summed E-state index contributed by atoms with van der Waals surface area (Å²) < 4.78 is 5.65. The lowest BCUT2D eigenvalue weighted by Gasteiger charge is -2.26. The highest BCUT2D eigenvalue weighted by Gasteiger charge is 2.18. The number of aromatic nitrogens is 3. The molecule has 0 radical (unpaired) electrons. The predicted octanol–water partition coefficient (Wildman–Crippen LogP) is 4.66. The van der Waals surface area contributed by atoms with Crippen LogP contribution in [0, 0.1) is 0 Å². The topological polar surface area (TPSA) is 83.4 Å². The summed E-state index contributed by atoms with van der Waals surface area (Å²) in [5.41, 5.74) is 6.00. The summed E-state index contributed by atoms with van der Waals surface area (Å²) in [6.45, 7) is 5.47. The molecule has 0 spiro atoms. The van der Waals surface area contributed by atoms with E-state index in [2.05, 4.69) is 39.4 Å². The first-order chi connectivity index (χ1) is 16.3. The molecule has 0 aliphatic carbocycles. The molecule has 5 rings (SSSR count). The van der Waals surface area contributed by atoms with Gasteiger partial charge in [-0.05, 0) is 68.3 Å². The van der Waals surface area contributed by atoms with Crippen molar-refractivity contribution in [2.45, 2.75) is 32.4 Å². The molecule has 0 atom stereocenters. The summed E-state index contributed by atoms with van der Waals surface area (Å²) in [7, 11) is 3.82. The summed E-state index contributed by atoms with van der Waals surface area (Å²) in [6, 6.07) is 12.3. The van der Waals surface area contributed by atoms with Crippen molar-refractivity contribution >= 4 is 22.5 Å². The summed E-state index contributed by atoms with van der Waals surface area (Å²) >= 11 is 0. The molecule has 1 aliphatic rings. The SMILES string of the molecule is COc1cc2c(cc1Nc1ncc3ccc(-c4cncc(C(C)(C)O)c4)cc3n1)CN(C)CC2.